The van der Waals surface area contributed by atoms with Crippen molar-refractivity contribution < 1.29 is 9.90 Å². The van der Waals surface area contributed by atoms with Gasteiger partial charge in [-0.2, -0.15) is 0 Å². The third-order valence-corrected chi connectivity index (χ3v) is 4.72. The van der Waals surface area contributed by atoms with Crippen LogP contribution in [0.25, 0.3) is 10.6 Å². The first-order chi connectivity index (χ1) is 12.0. The molecule has 3 rings (SSSR count). The van der Waals surface area contributed by atoms with Gasteiger partial charge in [0.05, 0.1) is 24.9 Å². The highest BCUT2D eigenvalue weighted by molar-refractivity contribution is 7.14. The molecule has 0 saturated carbocycles. The Balaban J connectivity index is 1.60. The standard InChI is InChI=1S/C16H18N6O2S/c1-10(11(2)23)22-9-13(18-21-22)15(24)17-8-14-19-20-16(25-14)12-6-4-3-5-7-12/h3-7,9-11,23H,8H2,1-2H3,(H,17,24)/t10-,11+/m1/s1. The first kappa shape index (κ1) is 17.2. The highest BCUT2D eigenvalue weighted by Crippen LogP contribution is 2.22. The van der Waals surface area contributed by atoms with Crippen LogP contribution in [-0.2, 0) is 6.54 Å². The van der Waals surface area contributed by atoms with E-state index in [1.165, 1.54) is 22.2 Å². The van der Waals surface area contributed by atoms with E-state index in [9.17, 15) is 9.90 Å². The molecule has 0 fully saturated rings. The maximum absolute atomic E-state index is 12.2. The maximum atomic E-state index is 12.2. The summed E-state index contributed by atoms with van der Waals surface area (Å²) in [6, 6.07) is 9.49. The number of hydrogen-bond acceptors (Lipinski definition) is 7. The first-order valence-electron chi connectivity index (χ1n) is 7.80. The van der Waals surface area contributed by atoms with Crippen molar-refractivity contribution in [1.82, 2.24) is 30.5 Å². The lowest BCUT2D eigenvalue weighted by molar-refractivity contribution is 0.0945. The highest BCUT2D eigenvalue weighted by atomic mass is 32.1. The Morgan fingerprint density at radius 3 is 2.72 bits per heavy atom. The number of carbonyl (C=O) groups is 1. The molecule has 2 atom stereocenters. The summed E-state index contributed by atoms with van der Waals surface area (Å²) in [6.07, 6.45) is 0.929. The van der Waals surface area contributed by atoms with E-state index in [1.807, 2.05) is 30.3 Å². The summed E-state index contributed by atoms with van der Waals surface area (Å²) in [6.45, 7) is 3.72. The van der Waals surface area contributed by atoms with Gasteiger partial charge in [-0.05, 0) is 13.8 Å². The number of amides is 1. The van der Waals surface area contributed by atoms with Gasteiger partial charge in [-0.3, -0.25) is 4.79 Å². The van der Waals surface area contributed by atoms with E-state index >= 15 is 0 Å². The van der Waals surface area contributed by atoms with Gasteiger partial charge in [0, 0.05) is 5.56 Å². The summed E-state index contributed by atoms with van der Waals surface area (Å²) in [7, 11) is 0. The molecule has 130 valence electrons. The van der Waals surface area contributed by atoms with Crippen molar-refractivity contribution in [1.29, 1.82) is 0 Å². The molecule has 0 aliphatic heterocycles. The molecule has 0 radical (unpaired) electrons. The molecule has 0 saturated heterocycles. The maximum Gasteiger partial charge on any atom is 0.273 e. The molecule has 25 heavy (non-hydrogen) atoms. The van der Waals surface area contributed by atoms with Gasteiger partial charge in [-0.25, -0.2) is 4.68 Å². The van der Waals surface area contributed by atoms with Gasteiger partial charge in [0.25, 0.3) is 5.91 Å². The zero-order valence-corrected chi connectivity index (χ0v) is 14.6. The van der Waals surface area contributed by atoms with E-state index in [0.717, 1.165) is 10.6 Å². The molecule has 2 heterocycles. The number of carbonyl (C=O) groups excluding carboxylic acids is 1. The second-order valence-corrected chi connectivity index (χ2v) is 6.68. The van der Waals surface area contributed by atoms with Crippen molar-refractivity contribution >= 4 is 17.2 Å². The van der Waals surface area contributed by atoms with Gasteiger partial charge < -0.3 is 10.4 Å². The number of hydrogen-bond donors (Lipinski definition) is 2. The van der Waals surface area contributed by atoms with E-state index in [0.29, 0.717) is 5.01 Å². The summed E-state index contributed by atoms with van der Waals surface area (Å²) in [5.74, 6) is -0.347. The summed E-state index contributed by atoms with van der Waals surface area (Å²) >= 11 is 1.43. The van der Waals surface area contributed by atoms with Gasteiger partial charge in [-0.1, -0.05) is 46.9 Å². The second kappa shape index (κ2) is 7.49. The lowest BCUT2D eigenvalue weighted by Gasteiger charge is -2.13. The monoisotopic (exact) mass is 358 g/mol. The second-order valence-electron chi connectivity index (χ2n) is 5.61. The van der Waals surface area contributed by atoms with Gasteiger partial charge in [0.1, 0.15) is 10.0 Å². The summed E-state index contributed by atoms with van der Waals surface area (Å²) in [5.41, 5.74) is 1.19. The van der Waals surface area contributed by atoms with E-state index in [-0.39, 0.29) is 24.2 Å². The molecule has 1 aromatic carbocycles. The molecule has 0 aliphatic carbocycles. The van der Waals surface area contributed by atoms with Gasteiger partial charge in [0.15, 0.2) is 5.69 Å². The van der Waals surface area contributed by atoms with E-state index in [2.05, 4.69) is 25.8 Å². The minimum Gasteiger partial charge on any atom is -0.391 e. The number of rotatable bonds is 6. The van der Waals surface area contributed by atoms with Crippen molar-refractivity contribution in [2.45, 2.75) is 32.5 Å². The van der Waals surface area contributed by atoms with Crippen molar-refractivity contribution in [3.63, 3.8) is 0 Å². The van der Waals surface area contributed by atoms with Crippen LogP contribution in [0, 0.1) is 0 Å². The third kappa shape index (κ3) is 4.06. The summed E-state index contributed by atoms with van der Waals surface area (Å²) in [5, 5.41) is 29.8. The van der Waals surface area contributed by atoms with Crippen molar-refractivity contribution in [3.05, 3.63) is 47.2 Å². The first-order valence-corrected chi connectivity index (χ1v) is 8.62. The molecular formula is C16H18N6O2S. The fraction of sp³-hybridized carbons (Fsp3) is 0.312. The van der Waals surface area contributed by atoms with Crippen LogP contribution in [0.2, 0.25) is 0 Å². The Bertz CT molecular complexity index is 845. The minimum absolute atomic E-state index is 0.195. The number of nitrogens with zero attached hydrogens (tertiary/aromatic N) is 5. The Hall–Kier alpha value is -2.65. The lowest BCUT2D eigenvalue weighted by Crippen LogP contribution is -2.23. The van der Waals surface area contributed by atoms with Gasteiger partial charge >= 0.3 is 0 Å². The SMILES string of the molecule is C[C@H](O)[C@@H](C)n1cc(C(=O)NCc2nnc(-c3ccccc3)s2)nn1. The van der Waals surface area contributed by atoms with E-state index < -0.39 is 6.10 Å². The number of aromatic nitrogens is 5. The predicted molar refractivity (Wildman–Crippen MR) is 92.9 cm³/mol. The molecule has 8 nitrogen and oxygen atoms in total. The summed E-state index contributed by atoms with van der Waals surface area (Å²) in [4.78, 5) is 12.2. The molecule has 0 spiro atoms. The Morgan fingerprint density at radius 1 is 1.24 bits per heavy atom. The molecule has 0 bridgehead atoms. The summed E-state index contributed by atoms with van der Waals surface area (Å²) < 4.78 is 1.47. The average Bonchev–Trinajstić information content (AvgIpc) is 3.29. The third-order valence-electron chi connectivity index (χ3n) is 3.75. The molecular weight excluding hydrogens is 340 g/mol. The van der Waals surface area contributed by atoms with Crippen LogP contribution in [0.15, 0.2) is 36.5 Å². The van der Waals surface area contributed by atoms with Crippen molar-refractivity contribution in [3.8, 4) is 10.6 Å². The molecule has 2 N–H and O–H groups in total. The van der Waals surface area contributed by atoms with Crippen molar-refractivity contribution in [2.24, 2.45) is 0 Å². The Labute approximate surface area is 148 Å². The fourth-order valence-electron chi connectivity index (χ4n) is 2.07. The van der Waals surface area contributed by atoms with E-state index in [4.69, 9.17) is 0 Å². The lowest BCUT2D eigenvalue weighted by atomic mass is 10.2. The Morgan fingerprint density at radius 2 is 2.00 bits per heavy atom. The number of benzene rings is 1. The highest BCUT2D eigenvalue weighted by Gasteiger charge is 2.17. The fourth-order valence-corrected chi connectivity index (χ4v) is 2.85. The molecule has 9 heteroatoms. The van der Waals surface area contributed by atoms with Crippen LogP contribution in [0.4, 0.5) is 0 Å². The van der Waals surface area contributed by atoms with E-state index in [1.54, 1.807) is 13.8 Å². The molecule has 0 aliphatic rings. The minimum atomic E-state index is -0.588. The zero-order chi connectivity index (χ0) is 17.8. The zero-order valence-electron chi connectivity index (χ0n) is 13.8. The van der Waals surface area contributed by atoms with Crippen LogP contribution in [-0.4, -0.2) is 42.3 Å². The normalized spacial score (nSPS) is 13.4. The van der Waals surface area contributed by atoms with Crippen LogP contribution in [0.5, 0.6) is 0 Å². The predicted octanol–water partition coefficient (Wildman–Crippen LogP) is 1.67. The molecule has 1 amide bonds. The average molecular weight is 358 g/mol. The number of nitrogens with one attached hydrogen (secondary N) is 1. The largest absolute Gasteiger partial charge is 0.391 e. The van der Waals surface area contributed by atoms with Gasteiger partial charge in [-0.15, -0.1) is 15.3 Å². The quantitative estimate of drug-likeness (QED) is 0.694. The van der Waals surface area contributed by atoms with Gasteiger partial charge in [0.2, 0.25) is 0 Å². The topological polar surface area (TPSA) is 106 Å². The smallest absolute Gasteiger partial charge is 0.273 e. The Kier molecular flexibility index (Phi) is 5.15. The van der Waals surface area contributed by atoms with Crippen LogP contribution < -0.4 is 5.32 Å². The van der Waals surface area contributed by atoms with Crippen LogP contribution >= 0.6 is 11.3 Å². The number of aliphatic hydroxyl groups excluding tert-OH is 1. The molecule has 3 aromatic rings. The molecule has 2 aromatic heterocycles. The number of aliphatic hydroxyl groups is 1. The van der Waals surface area contributed by atoms with Crippen LogP contribution in [0.3, 0.4) is 0 Å². The molecule has 0 unspecified atom stereocenters. The van der Waals surface area contributed by atoms with Crippen LogP contribution in [0.1, 0.15) is 35.4 Å². The van der Waals surface area contributed by atoms with Crippen molar-refractivity contribution in [2.75, 3.05) is 0 Å².